The molecule has 1 saturated heterocycles. The van der Waals surface area contributed by atoms with E-state index in [9.17, 15) is 10.1 Å². The number of thioether (sulfide) groups is 1. The molecule has 1 aliphatic rings. The zero-order valence-electron chi connectivity index (χ0n) is 17.7. The van der Waals surface area contributed by atoms with Crippen LogP contribution in [0.15, 0.2) is 52.9 Å². The molecule has 1 aromatic carbocycles. The van der Waals surface area contributed by atoms with Crippen molar-refractivity contribution in [3.8, 4) is 33.5 Å². The lowest BCUT2D eigenvalue weighted by Crippen LogP contribution is -2.32. The Hall–Kier alpha value is -2.86. The molecule has 0 spiro atoms. The van der Waals surface area contributed by atoms with Gasteiger partial charge in [-0.25, -0.2) is 4.98 Å². The summed E-state index contributed by atoms with van der Waals surface area (Å²) in [5.41, 5.74) is 2.93. The standard InChI is InChI=1S/C24H23N3O3S2/c1-29-17-8-6-16(7-9-17)19-12-21(22-5-3-11-31-22)27-24(20(19)13-25)32-15-23(28)26-14-18-4-2-10-30-18/h3,5-9,11-12,18H,2,4,10,14-15H2,1H3,(H,26,28). The minimum Gasteiger partial charge on any atom is -0.497 e. The second-order valence-corrected chi connectivity index (χ2v) is 9.19. The van der Waals surface area contributed by atoms with Crippen molar-refractivity contribution in [2.75, 3.05) is 26.0 Å². The van der Waals surface area contributed by atoms with Gasteiger partial charge in [-0.1, -0.05) is 30.0 Å². The predicted octanol–water partition coefficient (Wildman–Crippen LogP) is 4.74. The van der Waals surface area contributed by atoms with E-state index in [1.807, 2.05) is 47.8 Å². The molecule has 2 aromatic heterocycles. The van der Waals surface area contributed by atoms with Gasteiger partial charge in [-0.3, -0.25) is 4.79 Å². The summed E-state index contributed by atoms with van der Waals surface area (Å²) in [6.07, 6.45) is 2.11. The lowest BCUT2D eigenvalue weighted by atomic mass is 10.0. The van der Waals surface area contributed by atoms with Crippen molar-refractivity contribution in [2.24, 2.45) is 0 Å². The van der Waals surface area contributed by atoms with Gasteiger partial charge in [0.25, 0.3) is 0 Å². The molecule has 4 rings (SSSR count). The predicted molar refractivity (Wildman–Crippen MR) is 127 cm³/mol. The SMILES string of the molecule is COc1ccc(-c2cc(-c3cccs3)nc(SCC(=O)NCC3CCCO3)c2C#N)cc1. The summed E-state index contributed by atoms with van der Waals surface area (Å²) in [5, 5.41) is 15.4. The number of hydrogen-bond acceptors (Lipinski definition) is 7. The molecule has 6 nitrogen and oxygen atoms in total. The monoisotopic (exact) mass is 465 g/mol. The molecule has 0 radical (unpaired) electrons. The molecular formula is C24H23N3O3S2. The molecule has 0 bridgehead atoms. The van der Waals surface area contributed by atoms with E-state index in [1.54, 1.807) is 18.4 Å². The molecule has 1 amide bonds. The zero-order chi connectivity index (χ0) is 22.3. The molecule has 0 saturated carbocycles. The smallest absolute Gasteiger partial charge is 0.230 e. The van der Waals surface area contributed by atoms with Gasteiger partial charge in [-0.2, -0.15) is 5.26 Å². The van der Waals surface area contributed by atoms with E-state index < -0.39 is 0 Å². The maximum Gasteiger partial charge on any atom is 0.230 e. The lowest BCUT2D eigenvalue weighted by Gasteiger charge is -2.13. The Morgan fingerprint density at radius 1 is 1.38 bits per heavy atom. The first-order valence-electron chi connectivity index (χ1n) is 10.3. The van der Waals surface area contributed by atoms with Gasteiger partial charge in [0.2, 0.25) is 5.91 Å². The van der Waals surface area contributed by atoms with Crippen LogP contribution >= 0.6 is 23.1 Å². The number of carbonyl (C=O) groups excluding carboxylic acids is 1. The Morgan fingerprint density at radius 2 is 2.22 bits per heavy atom. The van der Waals surface area contributed by atoms with Crippen LogP contribution in [0.2, 0.25) is 0 Å². The highest BCUT2D eigenvalue weighted by atomic mass is 32.2. The van der Waals surface area contributed by atoms with Crippen molar-refractivity contribution in [3.63, 3.8) is 0 Å². The first kappa shape index (κ1) is 22.3. The Morgan fingerprint density at radius 3 is 2.88 bits per heavy atom. The van der Waals surface area contributed by atoms with Crippen molar-refractivity contribution in [1.29, 1.82) is 5.26 Å². The number of benzene rings is 1. The van der Waals surface area contributed by atoms with Crippen LogP contribution in [0.25, 0.3) is 21.7 Å². The van der Waals surface area contributed by atoms with Crippen LogP contribution in [0, 0.1) is 11.3 Å². The molecule has 3 heterocycles. The third-order valence-electron chi connectivity index (χ3n) is 5.16. The van der Waals surface area contributed by atoms with E-state index in [0.29, 0.717) is 17.1 Å². The number of amides is 1. The summed E-state index contributed by atoms with van der Waals surface area (Å²) in [7, 11) is 1.62. The molecule has 1 N–H and O–H groups in total. The van der Waals surface area contributed by atoms with Crippen molar-refractivity contribution in [3.05, 3.63) is 53.4 Å². The minimum absolute atomic E-state index is 0.0938. The fourth-order valence-corrected chi connectivity index (χ4v) is 5.02. The number of rotatable bonds is 8. The van der Waals surface area contributed by atoms with Crippen LogP contribution in [-0.2, 0) is 9.53 Å². The Balaban J connectivity index is 1.60. The van der Waals surface area contributed by atoms with Gasteiger partial charge in [0, 0.05) is 18.7 Å². The lowest BCUT2D eigenvalue weighted by molar-refractivity contribution is -0.119. The van der Waals surface area contributed by atoms with Crippen molar-refractivity contribution in [1.82, 2.24) is 10.3 Å². The highest BCUT2D eigenvalue weighted by Gasteiger charge is 2.19. The van der Waals surface area contributed by atoms with Gasteiger partial charge < -0.3 is 14.8 Å². The summed E-state index contributed by atoms with van der Waals surface area (Å²) in [5.74, 6) is 0.839. The summed E-state index contributed by atoms with van der Waals surface area (Å²) < 4.78 is 10.8. The average molecular weight is 466 g/mol. The zero-order valence-corrected chi connectivity index (χ0v) is 19.3. The maximum absolute atomic E-state index is 12.4. The molecule has 1 fully saturated rings. The van der Waals surface area contributed by atoms with Crippen molar-refractivity contribution >= 4 is 29.0 Å². The third kappa shape index (κ3) is 5.30. The van der Waals surface area contributed by atoms with E-state index in [1.165, 1.54) is 11.8 Å². The number of nitriles is 1. The highest BCUT2D eigenvalue weighted by molar-refractivity contribution is 8.00. The number of hydrogen-bond donors (Lipinski definition) is 1. The summed E-state index contributed by atoms with van der Waals surface area (Å²) >= 11 is 2.87. The van der Waals surface area contributed by atoms with E-state index in [0.717, 1.165) is 46.9 Å². The molecule has 164 valence electrons. The van der Waals surface area contributed by atoms with Crippen LogP contribution in [0.3, 0.4) is 0 Å². The summed E-state index contributed by atoms with van der Waals surface area (Å²) in [4.78, 5) is 18.1. The number of thiophene rings is 1. The van der Waals surface area contributed by atoms with Gasteiger partial charge in [0.15, 0.2) is 0 Å². The first-order valence-corrected chi connectivity index (χ1v) is 12.2. The maximum atomic E-state index is 12.4. The summed E-state index contributed by atoms with van der Waals surface area (Å²) in [6.45, 7) is 1.28. The number of methoxy groups -OCH3 is 1. The van der Waals surface area contributed by atoms with Gasteiger partial charge in [-0.15, -0.1) is 11.3 Å². The van der Waals surface area contributed by atoms with Gasteiger partial charge in [-0.05, 0) is 48.1 Å². The number of aromatic nitrogens is 1. The number of carbonyl (C=O) groups is 1. The molecule has 1 aliphatic heterocycles. The van der Waals surface area contributed by atoms with Gasteiger partial charge in [0.1, 0.15) is 16.8 Å². The normalized spacial score (nSPS) is 15.3. The van der Waals surface area contributed by atoms with E-state index in [-0.39, 0.29) is 17.8 Å². The fourth-order valence-electron chi connectivity index (χ4n) is 3.50. The van der Waals surface area contributed by atoms with E-state index in [2.05, 4.69) is 11.4 Å². The van der Waals surface area contributed by atoms with Gasteiger partial charge >= 0.3 is 0 Å². The van der Waals surface area contributed by atoms with Gasteiger partial charge in [0.05, 0.1) is 35.1 Å². The van der Waals surface area contributed by atoms with Crippen LogP contribution in [0.5, 0.6) is 5.75 Å². The number of ether oxygens (including phenoxy) is 2. The molecular weight excluding hydrogens is 442 g/mol. The van der Waals surface area contributed by atoms with Crippen LogP contribution in [0.1, 0.15) is 18.4 Å². The quantitative estimate of drug-likeness (QED) is 0.484. The Labute approximate surface area is 195 Å². The van der Waals surface area contributed by atoms with Crippen LogP contribution in [0.4, 0.5) is 0 Å². The number of nitrogens with one attached hydrogen (secondary N) is 1. The van der Waals surface area contributed by atoms with Crippen LogP contribution in [-0.4, -0.2) is 43.0 Å². The number of pyridine rings is 1. The second kappa shape index (κ2) is 10.6. The molecule has 8 heteroatoms. The van der Waals surface area contributed by atoms with Crippen molar-refractivity contribution < 1.29 is 14.3 Å². The third-order valence-corrected chi connectivity index (χ3v) is 7.03. The molecule has 1 atom stereocenters. The van der Waals surface area contributed by atoms with E-state index in [4.69, 9.17) is 14.5 Å². The number of nitrogens with zero attached hydrogens (tertiary/aromatic N) is 2. The minimum atomic E-state index is -0.0938. The largest absolute Gasteiger partial charge is 0.497 e. The molecule has 0 aliphatic carbocycles. The molecule has 32 heavy (non-hydrogen) atoms. The Bertz CT molecular complexity index is 1100. The fraction of sp³-hybridized carbons (Fsp3) is 0.292. The highest BCUT2D eigenvalue weighted by Crippen LogP contribution is 2.35. The molecule has 3 aromatic rings. The van der Waals surface area contributed by atoms with E-state index >= 15 is 0 Å². The van der Waals surface area contributed by atoms with Crippen molar-refractivity contribution in [2.45, 2.75) is 24.0 Å². The Kier molecular flexibility index (Phi) is 7.43. The molecule has 1 unspecified atom stereocenters. The second-order valence-electron chi connectivity index (χ2n) is 7.28. The topological polar surface area (TPSA) is 84.2 Å². The van der Waals surface area contributed by atoms with Crippen LogP contribution < -0.4 is 10.1 Å². The average Bonchev–Trinajstić information content (AvgIpc) is 3.55. The summed E-state index contributed by atoms with van der Waals surface area (Å²) in [6, 6.07) is 15.8. The first-order chi connectivity index (χ1) is 15.7.